The van der Waals surface area contributed by atoms with Gasteiger partial charge in [0.15, 0.2) is 0 Å². The van der Waals surface area contributed by atoms with Crippen LogP contribution in [0.3, 0.4) is 0 Å². The summed E-state index contributed by atoms with van der Waals surface area (Å²) in [6.07, 6.45) is 5.81. The zero-order chi connectivity index (χ0) is 36.5. The van der Waals surface area contributed by atoms with Crippen molar-refractivity contribution in [1.29, 1.82) is 0 Å². The highest BCUT2D eigenvalue weighted by molar-refractivity contribution is 5.99. The number of fused-ring (bicyclic) bond motifs is 2. The van der Waals surface area contributed by atoms with Crippen LogP contribution in [-0.4, -0.2) is 88.5 Å². The molecule has 2 aliphatic rings. The molecule has 1 aliphatic heterocycles. The maximum absolute atomic E-state index is 14.0. The third-order valence-electron chi connectivity index (χ3n) is 10.4. The van der Waals surface area contributed by atoms with Gasteiger partial charge < -0.3 is 26.4 Å². The van der Waals surface area contributed by atoms with Crippen molar-refractivity contribution in [2.45, 2.75) is 88.6 Å². The van der Waals surface area contributed by atoms with Gasteiger partial charge in [-0.1, -0.05) is 79.9 Å². The molecule has 5 rings (SSSR count). The summed E-state index contributed by atoms with van der Waals surface area (Å²) in [4.78, 5) is 60.2. The lowest BCUT2D eigenvalue weighted by Gasteiger charge is -2.47. The zero-order valence-electron chi connectivity index (χ0n) is 29.9. The van der Waals surface area contributed by atoms with Crippen molar-refractivity contribution in [2.24, 2.45) is 11.8 Å². The number of benzene rings is 2. The van der Waals surface area contributed by atoms with Gasteiger partial charge in [-0.15, -0.1) is 6.58 Å². The van der Waals surface area contributed by atoms with E-state index in [4.69, 9.17) is 0 Å². The number of aromatic nitrogens is 1. The van der Waals surface area contributed by atoms with Gasteiger partial charge in [0.05, 0.1) is 35.7 Å². The number of aliphatic hydroxyl groups excluding tert-OH is 1. The topological polar surface area (TPSA) is 153 Å². The average molecular weight is 697 g/mol. The fourth-order valence-electron chi connectivity index (χ4n) is 7.35. The van der Waals surface area contributed by atoms with Crippen LogP contribution in [0.4, 0.5) is 0 Å². The molecule has 272 valence electrons. The van der Waals surface area contributed by atoms with Crippen molar-refractivity contribution in [3.8, 4) is 0 Å². The molecule has 0 radical (unpaired) electrons. The molecule has 11 nitrogen and oxygen atoms in total. The van der Waals surface area contributed by atoms with Crippen LogP contribution in [0.25, 0.3) is 10.9 Å². The monoisotopic (exact) mass is 696 g/mol. The van der Waals surface area contributed by atoms with Crippen LogP contribution in [0.5, 0.6) is 0 Å². The highest BCUT2D eigenvalue weighted by Gasteiger charge is 2.42. The molecule has 11 heteroatoms. The highest BCUT2D eigenvalue weighted by atomic mass is 16.3. The van der Waals surface area contributed by atoms with Crippen LogP contribution < -0.4 is 21.3 Å². The Labute approximate surface area is 300 Å². The number of pyridine rings is 1. The molecule has 0 spiro atoms. The minimum Gasteiger partial charge on any atom is -0.390 e. The van der Waals surface area contributed by atoms with Gasteiger partial charge in [0.2, 0.25) is 17.7 Å². The quantitative estimate of drug-likeness (QED) is 0.162. The number of carbonyl (C=O) groups is 4. The van der Waals surface area contributed by atoms with E-state index >= 15 is 0 Å². The first kappa shape index (κ1) is 37.6. The van der Waals surface area contributed by atoms with Crippen LogP contribution in [0.2, 0.25) is 0 Å². The highest BCUT2D eigenvalue weighted by Crippen LogP contribution is 2.39. The molecule has 2 fully saturated rings. The van der Waals surface area contributed by atoms with E-state index in [0.29, 0.717) is 36.7 Å². The van der Waals surface area contributed by atoms with Gasteiger partial charge in [-0.3, -0.25) is 24.1 Å². The molecular formula is C40H52N6O5. The smallest absolute Gasteiger partial charge is 0.270 e. The Morgan fingerprint density at radius 2 is 1.69 bits per heavy atom. The molecule has 2 heterocycles. The minimum atomic E-state index is -1.24. The van der Waals surface area contributed by atoms with Crippen molar-refractivity contribution in [3.63, 3.8) is 0 Å². The number of hydrogen-bond donors (Lipinski definition) is 5. The summed E-state index contributed by atoms with van der Waals surface area (Å²) >= 11 is 0. The molecule has 6 unspecified atom stereocenters. The van der Waals surface area contributed by atoms with E-state index in [0.717, 1.165) is 36.6 Å². The zero-order valence-corrected chi connectivity index (χ0v) is 29.9. The fourth-order valence-corrected chi connectivity index (χ4v) is 7.35. The number of nitrogens with one attached hydrogen (secondary N) is 4. The summed E-state index contributed by atoms with van der Waals surface area (Å²) < 4.78 is 0. The lowest BCUT2D eigenvalue weighted by molar-refractivity contribution is -0.133. The van der Waals surface area contributed by atoms with Gasteiger partial charge >= 0.3 is 0 Å². The molecular weight excluding hydrogens is 644 g/mol. The fraction of sp³-hybridized carbons (Fsp3) is 0.475. The van der Waals surface area contributed by atoms with Crippen LogP contribution in [0, 0.1) is 11.8 Å². The summed E-state index contributed by atoms with van der Waals surface area (Å²) in [7, 11) is 1.46. The number of rotatable bonds is 14. The molecule has 5 N–H and O–H groups in total. The van der Waals surface area contributed by atoms with E-state index < -0.39 is 47.5 Å². The Hall–Kier alpha value is -4.61. The maximum Gasteiger partial charge on any atom is 0.270 e. The predicted molar refractivity (Wildman–Crippen MR) is 198 cm³/mol. The summed E-state index contributed by atoms with van der Waals surface area (Å²) in [5.41, 5.74) is 1.03. The van der Waals surface area contributed by atoms with Gasteiger partial charge in [0, 0.05) is 25.5 Å². The van der Waals surface area contributed by atoms with Gasteiger partial charge in [0.1, 0.15) is 11.7 Å². The van der Waals surface area contributed by atoms with Crippen LogP contribution in [0.15, 0.2) is 79.4 Å². The van der Waals surface area contributed by atoms with E-state index in [2.05, 4.69) is 37.7 Å². The van der Waals surface area contributed by atoms with Crippen molar-refractivity contribution < 1.29 is 24.3 Å². The van der Waals surface area contributed by atoms with Crippen molar-refractivity contribution >= 4 is 34.5 Å². The van der Waals surface area contributed by atoms with Gasteiger partial charge in [-0.2, -0.15) is 0 Å². The van der Waals surface area contributed by atoms with Gasteiger partial charge in [-0.05, 0) is 62.6 Å². The van der Waals surface area contributed by atoms with Crippen molar-refractivity contribution in [3.05, 3.63) is 90.6 Å². The normalized spacial score (nSPS) is 21.0. The number of hydrogen-bond acceptors (Lipinski definition) is 7. The van der Waals surface area contributed by atoms with Crippen molar-refractivity contribution in [2.75, 3.05) is 20.1 Å². The van der Waals surface area contributed by atoms with E-state index in [9.17, 15) is 24.3 Å². The molecule has 1 aromatic heterocycles. The Morgan fingerprint density at radius 1 is 0.980 bits per heavy atom. The molecule has 1 saturated heterocycles. The third kappa shape index (κ3) is 10.0. The number of nitrogens with zero attached hydrogens (tertiary/aromatic N) is 2. The first-order valence-corrected chi connectivity index (χ1v) is 18.1. The third-order valence-corrected chi connectivity index (χ3v) is 10.4. The number of likely N-dealkylation sites (tertiary alicyclic amines) is 1. The maximum atomic E-state index is 14.0. The summed E-state index contributed by atoms with van der Waals surface area (Å²) in [5, 5.41) is 24.1. The first-order chi connectivity index (χ1) is 24.5. The Kier molecular flexibility index (Phi) is 12.6. The predicted octanol–water partition coefficient (Wildman–Crippen LogP) is 3.52. The number of carbonyl (C=O) groups excluding carboxylic acids is 4. The van der Waals surface area contributed by atoms with Crippen molar-refractivity contribution in [1.82, 2.24) is 31.2 Å². The average Bonchev–Trinajstić information content (AvgIpc) is 3.13. The van der Waals surface area contributed by atoms with E-state index in [-0.39, 0.29) is 24.6 Å². The lowest BCUT2D eigenvalue weighted by atomic mass is 9.72. The summed E-state index contributed by atoms with van der Waals surface area (Å²) in [6, 6.07) is 17.8. The molecule has 1 aliphatic carbocycles. The SMILES string of the molecule is C=CC(C)(C)NC(=O)C1CC2CCCCC2CN1CC(O)C(Cc1ccccc1)NC(=O)C(CC(=O)NC)NC(=O)c1ccc2ccccc2n1. The Morgan fingerprint density at radius 3 is 2.41 bits per heavy atom. The second-order valence-corrected chi connectivity index (χ2v) is 14.6. The molecule has 51 heavy (non-hydrogen) atoms. The van der Waals surface area contributed by atoms with E-state index in [1.54, 1.807) is 24.3 Å². The molecule has 2 aromatic carbocycles. The Balaban J connectivity index is 1.37. The second-order valence-electron chi connectivity index (χ2n) is 14.6. The second kappa shape index (κ2) is 17.1. The standard InChI is InChI=1S/C40H52N6O5/c1-5-40(2,3)45-39(51)34-22-28-16-9-10-17-29(28)24-46(34)25-35(47)32(21-26-13-7-6-8-14-26)43-38(50)33(23-36(48)41-4)44-37(49)31-20-19-27-15-11-12-18-30(27)42-31/h5-8,11-15,18-20,28-29,32-35,47H,1,9-10,16-17,21-25H2,2-4H3,(H,41,48)(H,43,50)(H,44,49)(H,45,51). The molecule has 6 atom stereocenters. The summed E-state index contributed by atoms with van der Waals surface area (Å²) in [5.74, 6) is -0.873. The molecule has 1 saturated carbocycles. The Bertz CT molecular complexity index is 1700. The van der Waals surface area contributed by atoms with Crippen LogP contribution in [0.1, 0.15) is 68.4 Å². The summed E-state index contributed by atoms with van der Waals surface area (Å²) in [6.45, 7) is 8.51. The van der Waals surface area contributed by atoms with Crippen LogP contribution >= 0.6 is 0 Å². The number of β-amino-alcohol motifs (C(OH)–C–C–N with tert-alkyl or cyclic N) is 1. The van der Waals surface area contributed by atoms with E-state index in [1.807, 2.05) is 62.4 Å². The number of amides is 4. The number of piperidine rings is 1. The molecule has 0 bridgehead atoms. The number of para-hydroxylation sites is 1. The first-order valence-electron chi connectivity index (χ1n) is 18.1. The molecule has 4 amide bonds. The number of aliphatic hydroxyl groups is 1. The minimum absolute atomic E-state index is 0.101. The van der Waals surface area contributed by atoms with Gasteiger partial charge in [-0.25, -0.2) is 4.98 Å². The van der Waals surface area contributed by atoms with Crippen LogP contribution in [-0.2, 0) is 20.8 Å². The lowest BCUT2D eigenvalue weighted by Crippen LogP contribution is -2.61. The molecule has 3 aromatic rings. The van der Waals surface area contributed by atoms with Gasteiger partial charge in [0.25, 0.3) is 5.91 Å². The van der Waals surface area contributed by atoms with E-state index in [1.165, 1.54) is 7.05 Å². The largest absolute Gasteiger partial charge is 0.390 e.